The van der Waals surface area contributed by atoms with E-state index >= 15 is 0 Å². The molecule has 0 bridgehead atoms. The normalized spacial score (nSPS) is 19.5. The molecule has 0 saturated heterocycles. The van der Waals surface area contributed by atoms with Crippen LogP contribution in [-0.2, 0) is 4.74 Å². The van der Waals surface area contributed by atoms with Gasteiger partial charge in [-0.15, -0.1) is 0 Å². The van der Waals surface area contributed by atoms with Crippen LogP contribution in [0.15, 0.2) is 29.3 Å². The second-order valence-electron chi connectivity index (χ2n) is 3.19. The van der Waals surface area contributed by atoms with E-state index in [1.165, 1.54) is 0 Å². The molecule has 0 fully saturated rings. The summed E-state index contributed by atoms with van der Waals surface area (Å²) in [6, 6.07) is 7.44. The predicted molar refractivity (Wildman–Crippen MR) is 58.3 cm³/mol. The number of amidine groups is 1. The van der Waals surface area contributed by atoms with Crippen LogP contribution in [0.25, 0.3) is 0 Å². The van der Waals surface area contributed by atoms with Crippen molar-refractivity contribution < 1.29 is 9.47 Å². The molecule has 15 heavy (non-hydrogen) atoms. The highest BCUT2D eigenvalue weighted by atomic mass is 35.5. The molecule has 2 rings (SSSR count). The second kappa shape index (κ2) is 4.40. The Kier molecular flexibility index (Phi) is 2.97. The first-order chi connectivity index (χ1) is 7.24. The number of benzene rings is 1. The molecule has 1 aliphatic heterocycles. The summed E-state index contributed by atoms with van der Waals surface area (Å²) in [4.78, 5) is 3.91. The Labute approximate surface area is 92.7 Å². The molecule has 1 unspecified atom stereocenters. The van der Waals surface area contributed by atoms with E-state index in [-0.39, 0.29) is 12.1 Å². The maximum Gasteiger partial charge on any atom is 0.282 e. The summed E-state index contributed by atoms with van der Waals surface area (Å²) in [6.07, 6.45) is -0.0935. The van der Waals surface area contributed by atoms with Crippen molar-refractivity contribution in [2.24, 2.45) is 10.7 Å². The van der Waals surface area contributed by atoms with E-state index in [2.05, 4.69) is 4.99 Å². The highest BCUT2D eigenvalue weighted by molar-refractivity contribution is 6.30. The maximum absolute atomic E-state index is 5.81. The number of hydrogen-bond acceptors (Lipinski definition) is 4. The van der Waals surface area contributed by atoms with Gasteiger partial charge in [-0.1, -0.05) is 17.7 Å². The maximum atomic E-state index is 5.81. The molecule has 0 aromatic heterocycles. The molecule has 1 aliphatic rings. The zero-order valence-electron chi connectivity index (χ0n) is 8.02. The van der Waals surface area contributed by atoms with Crippen LogP contribution in [0, 0.1) is 0 Å². The van der Waals surface area contributed by atoms with E-state index in [1.54, 1.807) is 12.1 Å². The Balaban J connectivity index is 1.84. The molecule has 80 valence electrons. The summed E-state index contributed by atoms with van der Waals surface area (Å²) in [7, 11) is 0. The Morgan fingerprint density at radius 3 is 3.13 bits per heavy atom. The molecular weight excluding hydrogens is 216 g/mol. The van der Waals surface area contributed by atoms with Crippen LogP contribution in [-0.4, -0.2) is 25.3 Å². The van der Waals surface area contributed by atoms with E-state index in [0.29, 0.717) is 18.2 Å². The lowest BCUT2D eigenvalue weighted by Crippen LogP contribution is -2.24. The molecule has 5 heteroatoms. The first-order valence-electron chi connectivity index (χ1n) is 4.59. The van der Waals surface area contributed by atoms with Crippen molar-refractivity contribution in [3.63, 3.8) is 0 Å². The zero-order chi connectivity index (χ0) is 10.7. The van der Waals surface area contributed by atoms with Crippen molar-refractivity contribution in [1.82, 2.24) is 0 Å². The number of rotatable bonds is 3. The number of hydrogen-bond donors (Lipinski definition) is 1. The van der Waals surface area contributed by atoms with Gasteiger partial charge >= 0.3 is 0 Å². The van der Waals surface area contributed by atoms with Crippen molar-refractivity contribution in [2.75, 3.05) is 13.2 Å². The van der Waals surface area contributed by atoms with Crippen molar-refractivity contribution in [2.45, 2.75) is 6.10 Å². The SMILES string of the molecule is NC1=NCC(COc2cccc(Cl)c2)O1. The minimum atomic E-state index is -0.0935. The average Bonchev–Trinajstić information content (AvgIpc) is 2.62. The van der Waals surface area contributed by atoms with E-state index in [0.717, 1.165) is 5.75 Å². The van der Waals surface area contributed by atoms with Gasteiger partial charge in [0.05, 0.1) is 6.54 Å². The van der Waals surface area contributed by atoms with Gasteiger partial charge in [0.2, 0.25) is 0 Å². The number of aliphatic imine (C=N–C) groups is 1. The van der Waals surface area contributed by atoms with Gasteiger partial charge in [0.15, 0.2) is 6.10 Å². The number of nitrogens with zero attached hydrogens (tertiary/aromatic N) is 1. The molecule has 0 aliphatic carbocycles. The third-order valence-electron chi connectivity index (χ3n) is 1.97. The summed E-state index contributed by atoms with van der Waals surface area (Å²) in [5, 5.41) is 0.649. The zero-order valence-corrected chi connectivity index (χ0v) is 8.78. The van der Waals surface area contributed by atoms with E-state index < -0.39 is 0 Å². The fourth-order valence-electron chi connectivity index (χ4n) is 1.27. The van der Waals surface area contributed by atoms with Crippen LogP contribution in [0.4, 0.5) is 0 Å². The molecule has 4 nitrogen and oxygen atoms in total. The summed E-state index contributed by atoms with van der Waals surface area (Å²) in [6.45, 7) is 0.969. The molecular formula is C10H11ClN2O2. The van der Waals surface area contributed by atoms with Crippen molar-refractivity contribution in [3.8, 4) is 5.75 Å². The summed E-state index contributed by atoms with van der Waals surface area (Å²) in [5.41, 5.74) is 5.37. The lowest BCUT2D eigenvalue weighted by Gasteiger charge is -2.11. The molecule has 0 amide bonds. The van der Waals surface area contributed by atoms with Crippen LogP contribution >= 0.6 is 11.6 Å². The van der Waals surface area contributed by atoms with Gasteiger partial charge in [-0.3, -0.25) is 0 Å². The highest BCUT2D eigenvalue weighted by Crippen LogP contribution is 2.17. The van der Waals surface area contributed by atoms with Gasteiger partial charge in [-0.25, -0.2) is 4.99 Å². The lowest BCUT2D eigenvalue weighted by atomic mass is 10.3. The molecule has 1 atom stereocenters. The first kappa shape index (κ1) is 10.1. The minimum absolute atomic E-state index is 0.0935. The van der Waals surface area contributed by atoms with Gasteiger partial charge in [0, 0.05) is 5.02 Å². The van der Waals surface area contributed by atoms with E-state index in [1.807, 2.05) is 12.1 Å². The Hall–Kier alpha value is -1.42. The van der Waals surface area contributed by atoms with E-state index in [4.69, 9.17) is 26.8 Å². The van der Waals surface area contributed by atoms with Crippen LogP contribution < -0.4 is 10.5 Å². The summed E-state index contributed by atoms with van der Waals surface area (Å²) in [5.74, 6) is 0.719. The summed E-state index contributed by atoms with van der Waals surface area (Å²) < 4.78 is 10.7. The first-order valence-corrected chi connectivity index (χ1v) is 4.97. The lowest BCUT2D eigenvalue weighted by molar-refractivity contribution is 0.141. The quantitative estimate of drug-likeness (QED) is 0.849. The number of halogens is 1. The smallest absolute Gasteiger partial charge is 0.282 e. The molecule has 0 spiro atoms. The molecule has 1 aromatic rings. The van der Waals surface area contributed by atoms with Gasteiger partial charge in [0.25, 0.3) is 6.02 Å². The van der Waals surface area contributed by atoms with Gasteiger partial charge in [-0.05, 0) is 18.2 Å². The van der Waals surface area contributed by atoms with Crippen LogP contribution in [0.5, 0.6) is 5.75 Å². The Bertz CT molecular complexity index is 381. The number of nitrogens with two attached hydrogens (primary N) is 1. The topological polar surface area (TPSA) is 56.8 Å². The van der Waals surface area contributed by atoms with E-state index in [9.17, 15) is 0 Å². The van der Waals surface area contributed by atoms with Crippen LogP contribution in [0.3, 0.4) is 0 Å². The van der Waals surface area contributed by atoms with Crippen molar-refractivity contribution in [3.05, 3.63) is 29.3 Å². The van der Waals surface area contributed by atoms with Crippen molar-refractivity contribution in [1.29, 1.82) is 0 Å². The molecule has 0 radical (unpaired) electrons. The van der Waals surface area contributed by atoms with Crippen LogP contribution in [0.2, 0.25) is 5.02 Å². The molecule has 1 heterocycles. The van der Waals surface area contributed by atoms with Crippen LogP contribution in [0.1, 0.15) is 0 Å². The molecule has 1 aromatic carbocycles. The number of ether oxygens (including phenoxy) is 2. The Morgan fingerprint density at radius 2 is 2.47 bits per heavy atom. The molecule has 0 saturated carbocycles. The second-order valence-corrected chi connectivity index (χ2v) is 3.62. The predicted octanol–water partition coefficient (Wildman–Crippen LogP) is 1.43. The van der Waals surface area contributed by atoms with Crippen molar-refractivity contribution >= 4 is 17.6 Å². The fraction of sp³-hybridized carbons (Fsp3) is 0.300. The third kappa shape index (κ3) is 2.76. The third-order valence-corrected chi connectivity index (χ3v) is 2.21. The monoisotopic (exact) mass is 226 g/mol. The van der Waals surface area contributed by atoms with Gasteiger partial charge in [-0.2, -0.15) is 0 Å². The van der Waals surface area contributed by atoms with Gasteiger partial charge < -0.3 is 15.2 Å². The summed E-state index contributed by atoms with van der Waals surface area (Å²) >= 11 is 5.81. The minimum Gasteiger partial charge on any atom is -0.490 e. The molecule has 2 N–H and O–H groups in total. The highest BCUT2D eigenvalue weighted by Gasteiger charge is 2.17. The fourth-order valence-corrected chi connectivity index (χ4v) is 1.45. The largest absolute Gasteiger partial charge is 0.490 e. The Morgan fingerprint density at radius 1 is 1.60 bits per heavy atom. The average molecular weight is 227 g/mol. The standard InChI is InChI=1S/C10H11ClN2O2/c11-7-2-1-3-8(4-7)14-6-9-5-13-10(12)15-9/h1-4,9H,5-6H2,(H2,12,13). The van der Waals surface area contributed by atoms with Gasteiger partial charge in [0.1, 0.15) is 12.4 Å².